The van der Waals surface area contributed by atoms with Crippen LogP contribution in [0.15, 0.2) is 0 Å². The van der Waals surface area contributed by atoms with E-state index >= 15 is 0 Å². The van der Waals surface area contributed by atoms with Crippen LogP contribution in [0, 0.1) is 0 Å². The molecule has 9 heavy (non-hydrogen) atoms. The summed E-state index contributed by atoms with van der Waals surface area (Å²) in [7, 11) is 0. The standard InChI is InChI=1S/C4H7NO3.H2S/c5-3(2-6)1-4(7)8;/h2-3H,1,5H2,(H,7,8);1H2/p-1/t3-;/m0./s1. The van der Waals surface area contributed by atoms with Gasteiger partial charge in [-0.2, -0.15) is 13.5 Å². The highest BCUT2D eigenvalue weighted by Crippen LogP contribution is 1.77. The number of rotatable bonds is 3. The average molecular weight is 150 g/mol. The minimum atomic E-state index is -1.30. The Bertz CT molecular complexity index is 106. The van der Waals surface area contributed by atoms with E-state index in [0.29, 0.717) is 6.29 Å². The molecule has 0 amide bonds. The number of hydrogen-bond donors (Lipinski definition) is 1. The molecule has 0 heterocycles. The molecule has 0 saturated heterocycles. The van der Waals surface area contributed by atoms with Crippen molar-refractivity contribution in [3.05, 3.63) is 0 Å². The van der Waals surface area contributed by atoms with Gasteiger partial charge in [-0.25, -0.2) is 0 Å². The molecule has 0 saturated carbocycles. The first-order chi connectivity index (χ1) is 3.66. The van der Waals surface area contributed by atoms with Crippen LogP contribution in [0.5, 0.6) is 0 Å². The Labute approximate surface area is 59.5 Å². The normalized spacial score (nSPS) is 11.2. The number of aliphatic carboxylic acids is 1. The average Bonchev–Trinajstić information content (AvgIpc) is 1.65. The van der Waals surface area contributed by atoms with Gasteiger partial charge in [0.2, 0.25) is 0 Å². The fourth-order valence-corrected chi connectivity index (χ4v) is 0.241. The van der Waals surface area contributed by atoms with Gasteiger partial charge in [-0.15, -0.1) is 0 Å². The van der Waals surface area contributed by atoms with Crippen molar-refractivity contribution in [2.45, 2.75) is 12.5 Å². The lowest BCUT2D eigenvalue weighted by molar-refractivity contribution is -0.305. The smallest absolute Gasteiger partial charge is 0.137 e. The summed E-state index contributed by atoms with van der Waals surface area (Å²) in [5.41, 5.74) is 4.88. The maximum absolute atomic E-state index is 9.62. The molecule has 0 aromatic carbocycles. The Kier molecular flexibility index (Phi) is 6.99. The minimum Gasteiger partial charge on any atom is -0.550 e. The largest absolute Gasteiger partial charge is 0.550 e. The monoisotopic (exact) mass is 150 g/mol. The first-order valence-corrected chi connectivity index (χ1v) is 2.07. The molecule has 54 valence electrons. The van der Waals surface area contributed by atoms with Gasteiger partial charge in [-0.3, -0.25) is 0 Å². The summed E-state index contributed by atoms with van der Waals surface area (Å²) < 4.78 is 0. The summed E-state index contributed by atoms with van der Waals surface area (Å²) in [6, 6.07) is -0.917. The second kappa shape index (κ2) is 5.58. The van der Waals surface area contributed by atoms with Gasteiger partial charge in [0.15, 0.2) is 0 Å². The molecular formula is C4H8NO3S-. The van der Waals surface area contributed by atoms with E-state index in [1.165, 1.54) is 0 Å². The van der Waals surface area contributed by atoms with Crippen LogP contribution >= 0.6 is 13.5 Å². The fraction of sp³-hybridized carbons (Fsp3) is 0.500. The predicted molar refractivity (Wildman–Crippen MR) is 34.0 cm³/mol. The number of nitrogens with two attached hydrogens (primary N) is 1. The topological polar surface area (TPSA) is 83.2 Å². The highest BCUT2D eigenvalue weighted by Gasteiger charge is 1.97. The van der Waals surface area contributed by atoms with Crippen LogP contribution in [0.4, 0.5) is 0 Å². The molecule has 0 aliphatic carbocycles. The molecule has 0 bridgehead atoms. The predicted octanol–water partition coefficient (Wildman–Crippen LogP) is -2.23. The number of aldehydes is 1. The molecule has 0 aliphatic rings. The lowest BCUT2D eigenvalue weighted by Crippen LogP contribution is -2.32. The maximum Gasteiger partial charge on any atom is 0.137 e. The quantitative estimate of drug-likeness (QED) is 0.461. The minimum absolute atomic E-state index is 0. The Balaban J connectivity index is 0. The first-order valence-electron chi connectivity index (χ1n) is 2.07. The van der Waals surface area contributed by atoms with Gasteiger partial charge < -0.3 is 20.4 Å². The maximum atomic E-state index is 9.62. The van der Waals surface area contributed by atoms with Crippen molar-refractivity contribution in [2.24, 2.45) is 5.73 Å². The van der Waals surface area contributed by atoms with Crippen LogP contribution in [-0.4, -0.2) is 18.3 Å². The van der Waals surface area contributed by atoms with E-state index in [9.17, 15) is 14.7 Å². The van der Waals surface area contributed by atoms with Crippen molar-refractivity contribution < 1.29 is 14.7 Å². The molecule has 1 atom stereocenters. The summed E-state index contributed by atoms with van der Waals surface area (Å²) in [6.07, 6.45) is -0.0285. The van der Waals surface area contributed by atoms with Gasteiger partial charge >= 0.3 is 0 Å². The molecule has 4 nitrogen and oxygen atoms in total. The van der Waals surface area contributed by atoms with Crippen molar-refractivity contribution in [3.63, 3.8) is 0 Å². The molecule has 0 rings (SSSR count). The Hall–Kier alpha value is -0.550. The molecule has 2 N–H and O–H groups in total. The van der Waals surface area contributed by atoms with Crippen molar-refractivity contribution >= 4 is 25.8 Å². The summed E-state index contributed by atoms with van der Waals surface area (Å²) in [4.78, 5) is 19.2. The van der Waals surface area contributed by atoms with E-state index in [1.807, 2.05) is 0 Å². The molecule has 0 aromatic heterocycles. The van der Waals surface area contributed by atoms with Gasteiger partial charge in [0.05, 0.1) is 6.04 Å². The molecule has 0 spiro atoms. The number of hydrogen-bond acceptors (Lipinski definition) is 4. The van der Waals surface area contributed by atoms with Crippen LogP contribution in [-0.2, 0) is 9.59 Å². The van der Waals surface area contributed by atoms with Gasteiger partial charge in [0, 0.05) is 12.4 Å². The van der Waals surface area contributed by atoms with Crippen LogP contribution < -0.4 is 10.8 Å². The summed E-state index contributed by atoms with van der Waals surface area (Å²) in [5.74, 6) is -1.30. The second-order valence-corrected chi connectivity index (χ2v) is 1.38. The Morgan fingerprint density at radius 2 is 2.22 bits per heavy atom. The highest BCUT2D eigenvalue weighted by atomic mass is 32.1. The third-order valence-corrected chi connectivity index (χ3v) is 0.577. The molecule has 0 radical (unpaired) electrons. The Morgan fingerprint density at radius 3 is 2.33 bits per heavy atom. The zero-order valence-corrected chi connectivity index (χ0v) is 5.66. The van der Waals surface area contributed by atoms with E-state index in [0.717, 1.165) is 0 Å². The molecule has 0 aliphatic heterocycles. The number of carbonyl (C=O) groups excluding carboxylic acids is 2. The fourth-order valence-electron chi connectivity index (χ4n) is 0.241. The molecule has 5 heteroatoms. The van der Waals surface area contributed by atoms with Crippen LogP contribution in [0.2, 0.25) is 0 Å². The third-order valence-electron chi connectivity index (χ3n) is 0.577. The molecule has 0 unspecified atom stereocenters. The number of carboxylic acid groups (broad SMARTS) is 1. The molecule has 0 aromatic rings. The van der Waals surface area contributed by atoms with Crippen LogP contribution in [0.25, 0.3) is 0 Å². The Morgan fingerprint density at radius 1 is 1.78 bits per heavy atom. The van der Waals surface area contributed by atoms with Crippen molar-refractivity contribution in [2.75, 3.05) is 0 Å². The van der Waals surface area contributed by atoms with E-state index in [1.54, 1.807) is 0 Å². The zero-order chi connectivity index (χ0) is 6.57. The van der Waals surface area contributed by atoms with Crippen molar-refractivity contribution in [3.8, 4) is 0 Å². The summed E-state index contributed by atoms with van der Waals surface area (Å²) >= 11 is 0. The second-order valence-electron chi connectivity index (χ2n) is 1.38. The number of carboxylic acids is 1. The van der Waals surface area contributed by atoms with Crippen molar-refractivity contribution in [1.82, 2.24) is 0 Å². The molecular weight excluding hydrogens is 142 g/mol. The van der Waals surface area contributed by atoms with E-state index in [4.69, 9.17) is 5.73 Å². The lowest BCUT2D eigenvalue weighted by atomic mass is 10.2. The first kappa shape index (κ1) is 11.3. The van der Waals surface area contributed by atoms with Gasteiger partial charge in [0.1, 0.15) is 6.29 Å². The lowest BCUT2D eigenvalue weighted by Gasteiger charge is -2.01. The highest BCUT2D eigenvalue weighted by molar-refractivity contribution is 7.59. The van der Waals surface area contributed by atoms with Crippen LogP contribution in [0.3, 0.4) is 0 Å². The van der Waals surface area contributed by atoms with Crippen molar-refractivity contribution in [1.29, 1.82) is 0 Å². The zero-order valence-electron chi connectivity index (χ0n) is 4.66. The SMILES string of the molecule is N[C@H](C=O)CC(=O)[O-].S. The molecule has 0 fully saturated rings. The van der Waals surface area contributed by atoms with E-state index in [-0.39, 0.29) is 13.5 Å². The van der Waals surface area contributed by atoms with Gasteiger partial charge in [0.25, 0.3) is 0 Å². The van der Waals surface area contributed by atoms with Crippen LogP contribution in [0.1, 0.15) is 6.42 Å². The number of carbonyl (C=O) groups is 2. The van der Waals surface area contributed by atoms with Gasteiger partial charge in [-0.05, 0) is 0 Å². The van der Waals surface area contributed by atoms with Gasteiger partial charge in [-0.1, -0.05) is 0 Å². The summed E-state index contributed by atoms with van der Waals surface area (Å²) in [6.45, 7) is 0. The van der Waals surface area contributed by atoms with E-state index in [2.05, 4.69) is 0 Å². The third kappa shape index (κ3) is 7.45. The summed E-state index contributed by atoms with van der Waals surface area (Å²) in [5, 5.41) is 9.62. The van der Waals surface area contributed by atoms with E-state index < -0.39 is 18.4 Å².